The topological polar surface area (TPSA) is 27.1 Å². The molecule has 114 valence electrons. The van der Waals surface area contributed by atoms with Gasteiger partial charge in [-0.25, -0.2) is 4.98 Å². The van der Waals surface area contributed by atoms with E-state index in [-0.39, 0.29) is 6.10 Å². The lowest BCUT2D eigenvalue weighted by molar-refractivity contribution is 0.102. The second-order valence-corrected chi connectivity index (χ2v) is 6.65. The van der Waals surface area contributed by atoms with E-state index in [1.807, 2.05) is 12.1 Å². The minimum atomic E-state index is 0.272. The number of hydrogen-bond donors (Lipinski definition) is 0. The summed E-state index contributed by atoms with van der Waals surface area (Å²) in [5, 5.41) is 1.09. The van der Waals surface area contributed by atoms with Crippen LogP contribution in [0.5, 0.6) is 0 Å². The number of halogens is 3. The molecule has 21 heavy (non-hydrogen) atoms. The number of imidazole rings is 1. The first-order chi connectivity index (χ1) is 10.1. The summed E-state index contributed by atoms with van der Waals surface area (Å²) in [7, 11) is 0. The zero-order chi connectivity index (χ0) is 15.0. The number of rotatable bonds is 4. The van der Waals surface area contributed by atoms with Crippen molar-refractivity contribution in [3.8, 4) is 0 Å². The van der Waals surface area contributed by atoms with E-state index in [1.165, 1.54) is 0 Å². The van der Waals surface area contributed by atoms with Crippen molar-refractivity contribution in [3.63, 3.8) is 0 Å². The van der Waals surface area contributed by atoms with Gasteiger partial charge in [-0.05, 0) is 25.5 Å². The van der Waals surface area contributed by atoms with Crippen molar-refractivity contribution in [1.29, 1.82) is 0 Å². The van der Waals surface area contributed by atoms with Gasteiger partial charge in [0.15, 0.2) is 0 Å². The molecule has 1 aliphatic heterocycles. The van der Waals surface area contributed by atoms with Crippen LogP contribution in [0.4, 0.5) is 0 Å². The molecule has 6 heteroatoms. The molecule has 0 saturated carbocycles. The second-order valence-electron chi connectivity index (χ2n) is 5.46. The minimum absolute atomic E-state index is 0.272. The van der Waals surface area contributed by atoms with E-state index in [1.54, 1.807) is 0 Å². The summed E-state index contributed by atoms with van der Waals surface area (Å²) < 4.78 is 7.88. The molecule has 1 aromatic carbocycles. The van der Waals surface area contributed by atoms with E-state index in [2.05, 4.69) is 16.5 Å². The molecule has 2 aromatic rings. The van der Waals surface area contributed by atoms with Crippen molar-refractivity contribution in [2.24, 2.45) is 5.92 Å². The van der Waals surface area contributed by atoms with E-state index in [0.717, 1.165) is 42.9 Å². The van der Waals surface area contributed by atoms with Gasteiger partial charge in [0.25, 0.3) is 0 Å². The molecule has 0 radical (unpaired) electrons. The molecule has 0 spiro atoms. The van der Waals surface area contributed by atoms with Gasteiger partial charge in [0.1, 0.15) is 5.82 Å². The fraction of sp³-hybridized carbons (Fsp3) is 0.533. The van der Waals surface area contributed by atoms with Crippen LogP contribution in [-0.2, 0) is 17.7 Å². The summed E-state index contributed by atoms with van der Waals surface area (Å²) >= 11 is 18.2. The summed E-state index contributed by atoms with van der Waals surface area (Å²) in [4.78, 5) is 4.67. The molecular formula is C15H17Cl3N2O. The van der Waals surface area contributed by atoms with Crippen LogP contribution in [-0.4, -0.2) is 28.1 Å². The summed E-state index contributed by atoms with van der Waals surface area (Å²) in [5.74, 6) is 2.02. The third-order valence-electron chi connectivity index (χ3n) is 4.14. The maximum absolute atomic E-state index is 6.17. The van der Waals surface area contributed by atoms with Crippen LogP contribution in [0.15, 0.2) is 12.1 Å². The Morgan fingerprint density at radius 3 is 2.76 bits per heavy atom. The van der Waals surface area contributed by atoms with Crippen molar-refractivity contribution < 1.29 is 4.74 Å². The largest absolute Gasteiger partial charge is 0.378 e. The number of hydrogen-bond acceptors (Lipinski definition) is 2. The number of benzene rings is 1. The minimum Gasteiger partial charge on any atom is -0.378 e. The molecule has 2 unspecified atom stereocenters. The van der Waals surface area contributed by atoms with E-state index in [0.29, 0.717) is 21.8 Å². The Morgan fingerprint density at radius 1 is 1.33 bits per heavy atom. The standard InChI is InChI=1S/C15H17Cl3N2O/c1-9-10(3-5-21-9)8-20-14-7-12(18)11(17)6-13(14)19-15(20)2-4-16/h6-7,9-10H,2-5,8H2,1H3. The first kappa shape index (κ1) is 15.4. The Bertz CT molecular complexity index is 656. The number of aryl methyl sites for hydroxylation is 1. The van der Waals surface area contributed by atoms with Gasteiger partial charge in [0.2, 0.25) is 0 Å². The highest BCUT2D eigenvalue weighted by Crippen LogP contribution is 2.31. The van der Waals surface area contributed by atoms with Gasteiger partial charge in [-0.1, -0.05) is 23.2 Å². The van der Waals surface area contributed by atoms with Crippen LogP contribution in [0.1, 0.15) is 19.2 Å². The molecule has 0 aliphatic carbocycles. The molecule has 0 amide bonds. The monoisotopic (exact) mass is 346 g/mol. The number of fused-ring (bicyclic) bond motifs is 1. The summed E-state index contributed by atoms with van der Waals surface area (Å²) in [6, 6.07) is 3.71. The molecule has 2 heterocycles. The highest BCUT2D eigenvalue weighted by atomic mass is 35.5. The van der Waals surface area contributed by atoms with Crippen LogP contribution in [0.2, 0.25) is 10.0 Å². The summed E-state index contributed by atoms with van der Waals surface area (Å²) in [6.45, 7) is 3.83. The van der Waals surface area contributed by atoms with Gasteiger partial charge in [0.05, 0.1) is 27.2 Å². The van der Waals surface area contributed by atoms with E-state index in [4.69, 9.17) is 39.5 Å². The second kappa shape index (κ2) is 6.33. The molecule has 1 fully saturated rings. The van der Waals surface area contributed by atoms with Crippen LogP contribution >= 0.6 is 34.8 Å². The SMILES string of the molecule is CC1OCCC1Cn1c(CCCl)nc2cc(Cl)c(Cl)cc21. The zero-order valence-corrected chi connectivity index (χ0v) is 14.0. The maximum Gasteiger partial charge on any atom is 0.111 e. The number of nitrogens with zero attached hydrogens (tertiary/aromatic N) is 2. The normalized spacial score (nSPS) is 22.3. The Kier molecular flexibility index (Phi) is 4.65. The molecule has 3 rings (SSSR count). The quantitative estimate of drug-likeness (QED) is 0.759. The number of aromatic nitrogens is 2. The number of ether oxygens (including phenoxy) is 1. The van der Waals surface area contributed by atoms with Crippen molar-refractivity contribution in [1.82, 2.24) is 9.55 Å². The molecule has 0 N–H and O–H groups in total. The highest BCUT2D eigenvalue weighted by molar-refractivity contribution is 6.42. The van der Waals surface area contributed by atoms with Gasteiger partial charge >= 0.3 is 0 Å². The van der Waals surface area contributed by atoms with Crippen LogP contribution in [0.3, 0.4) is 0 Å². The fourth-order valence-electron chi connectivity index (χ4n) is 2.90. The van der Waals surface area contributed by atoms with E-state index >= 15 is 0 Å². The summed E-state index contributed by atoms with van der Waals surface area (Å²) in [5.41, 5.74) is 1.89. The Labute approximate surface area is 139 Å². The lowest BCUT2D eigenvalue weighted by atomic mass is 10.0. The maximum atomic E-state index is 6.17. The van der Waals surface area contributed by atoms with Gasteiger partial charge in [-0.2, -0.15) is 0 Å². The molecule has 1 aromatic heterocycles. The Hall–Kier alpha value is -0.480. The van der Waals surface area contributed by atoms with E-state index < -0.39 is 0 Å². The molecule has 2 atom stereocenters. The van der Waals surface area contributed by atoms with Gasteiger partial charge in [-0.15, -0.1) is 11.6 Å². The van der Waals surface area contributed by atoms with Crippen molar-refractivity contribution >= 4 is 45.8 Å². The molecule has 3 nitrogen and oxygen atoms in total. The number of alkyl halides is 1. The molecule has 0 bridgehead atoms. The molecule has 1 aliphatic rings. The average Bonchev–Trinajstić information content (AvgIpc) is 2.98. The Balaban J connectivity index is 2.04. The van der Waals surface area contributed by atoms with Gasteiger partial charge in [0, 0.05) is 31.4 Å². The molecule has 1 saturated heterocycles. The van der Waals surface area contributed by atoms with Crippen LogP contribution in [0.25, 0.3) is 11.0 Å². The third-order valence-corrected chi connectivity index (χ3v) is 5.05. The highest BCUT2D eigenvalue weighted by Gasteiger charge is 2.26. The fourth-order valence-corrected chi connectivity index (χ4v) is 3.38. The van der Waals surface area contributed by atoms with Crippen molar-refractivity contribution in [2.75, 3.05) is 12.5 Å². The van der Waals surface area contributed by atoms with Crippen LogP contribution < -0.4 is 0 Å². The molecular weight excluding hydrogens is 331 g/mol. The average molecular weight is 348 g/mol. The summed E-state index contributed by atoms with van der Waals surface area (Å²) in [6.07, 6.45) is 2.07. The predicted molar refractivity (Wildman–Crippen MR) is 87.7 cm³/mol. The first-order valence-corrected chi connectivity index (χ1v) is 8.41. The predicted octanol–water partition coefficient (Wildman–Crippen LogP) is 4.55. The van der Waals surface area contributed by atoms with Crippen LogP contribution in [0, 0.1) is 5.92 Å². The van der Waals surface area contributed by atoms with Gasteiger partial charge < -0.3 is 9.30 Å². The van der Waals surface area contributed by atoms with Crippen molar-refractivity contribution in [2.45, 2.75) is 32.4 Å². The zero-order valence-electron chi connectivity index (χ0n) is 11.8. The lowest BCUT2D eigenvalue weighted by Crippen LogP contribution is -2.19. The first-order valence-electron chi connectivity index (χ1n) is 7.12. The third kappa shape index (κ3) is 3.02. The van der Waals surface area contributed by atoms with E-state index in [9.17, 15) is 0 Å². The van der Waals surface area contributed by atoms with Crippen molar-refractivity contribution in [3.05, 3.63) is 28.0 Å². The smallest absolute Gasteiger partial charge is 0.111 e. The Morgan fingerprint density at radius 2 is 2.10 bits per heavy atom. The van der Waals surface area contributed by atoms with Gasteiger partial charge in [-0.3, -0.25) is 0 Å². The lowest BCUT2D eigenvalue weighted by Gasteiger charge is -2.17.